The van der Waals surface area contributed by atoms with Crippen molar-refractivity contribution < 1.29 is 9.15 Å². The molecule has 0 aliphatic heterocycles. The zero-order valence-corrected chi connectivity index (χ0v) is 15.9. The van der Waals surface area contributed by atoms with Gasteiger partial charge in [-0.25, -0.2) is 0 Å². The van der Waals surface area contributed by atoms with E-state index in [0.717, 1.165) is 22.2 Å². The van der Waals surface area contributed by atoms with Crippen LogP contribution in [0.2, 0.25) is 0 Å². The van der Waals surface area contributed by atoms with E-state index in [1.165, 1.54) is 0 Å². The Hall–Kier alpha value is -3.50. The molecule has 0 radical (unpaired) electrons. The standard InChI is InChI=1S/C21H16N4O2S/c1-26-18-6-3-2-5-17(18)25-20(19-7-4-12-27-19)23-24-21(25)28-14-16-10-8-15(13-22)9-11-16/h2-12H,14H2,1H3. The average Bonchev–Trinajstić information content (AvgIpc) is 3.42. The minimum absolute atomic E-state index is 0.608. The minimum Gasteiger partial charge on any atom is -0.495 e. The van der Waals surface area contributed by atoms with Crippen molar-refractivity contribution in [2.75, 3.05) is 7.11 Å². The van der Waals surface area contributed by atoms with Crippen molar-refractivity contribution in [3.8, 4) is 29.1 Å². The number of furan rings is 1. The molecule has 0 fully saturated rings. The van der Waals surface area contributed by atoms with E-state index in [1.807, 2.05) is 65.2 Å². The summed E-state index contributed by atoms with van der Waals surface area (Å²) in [4.78, 5) is 0. The largest absolute Gasteiger partial charge is 0.495 e. The molecule has 0 spiro atoms. The normalized spacial score (nSPS) is 10.6. The molecular weight excluding hydrogens is 372 g/mol. The van der Waals surface area contributed by atoms with Crippen LogP contribution in [0.1, 0.15) is 11.1 Å². The Morgan fingerprint density at radius 1 is 1.07 bits per heavy atom. The van der Waals surface area contributed by atoms with Gasteiger partial charge in [0.25, 0.3) is 0 Å². The summed E-state index contributed by atoms with van der Waals surface area (Å²) in [5.74, 6) is 2.65. The number of ether oxygens (including phenoxy) is 1. The van der Waals surface area contributed by atoms with Crippen LogP contribution in [-0.4, -0.2) is 21.9 Å². The lowest BCUT2D eigenvalue weighted by atomic mass is 10.2. The smallest absolute Gasteiger partial charge is 0.205 e. The molecule has 0 amide bonds. The maximum atomic E-state index is 8.94. The molecular formula is C21H16N4O2S. The fourth-order valence-electron chi connectivity index (χ4n) is 2.78. The maximum absolute atomic E-state index is 8.94. The Balaban J connectivity index is 1.72. The highest BCUT2D eigenvalue weighted by atomic mass is 32.2. The number of thioether (sulfide) groups is 1. The zero-order valence-electron chi connectivity index (χ0n) is 15.1. The van der Waals surface area contributed by atoms with Gasteiger partial charge in [0.05, 0.1) is 30.7 Å². The van der Waals surface area contributed by atoms with Gasteiger partial charge < -0.3 is 9.15 Å². The van der Waals surface area contributed by atoms with Crippen molar-refractivity contribution in [3.05, 3.63) is 78.1 Å². The molecule has 0 bridgehead atoms. The van der Waals surface area contributed by atoms with Crippen LogP contribution in [-0.2, 0) is 5.75 Å². The molecule has 0 aliphatic rings. The highest BCUT2D eigenvalue weighted by Crippen LogP contribution is 2.33. The van der Waals surface area contributed by atoms with Gasteiger partial charge in [0.2, 0.25) is 5.82 Å². The lowest BCUT2D eigenvalue weighted by Crippen LogP contribution is -2.02. The number of nitriles is 1. The third kappa shape index (κ3) is 3.50. The first kappa shape index (κ1) is 17.9. The van der Waals surface area contributed by atoms with Crippen molar-refractivity contribution in [2.45, 2.75) is 10.9 Å². The number of hydrogen-bond donors (Lipinski definition) is 0. The molecule has 0 saturated heterocycles. The van der Waals surface area contributed by atoms with E-state index in [2.05, 4.69) is 16.3 Å². The predicted octanol–water partition coefficient (Wildman–Crippen LogP) is 4.70. The van der Waals surface area contributed by atoms with Crippen molar-refractivity contribution in [1.82, 2.24) is 14.8 Å². The van der Waals surface area contributed by atoms with Crippen molar-refractivity contribution in [3.63, 3.8) is 0 Å². The Kier molecular flexibility index (Phi) is 5.13. The van der Waals surface area contributed by atoms with Crippen LogP contribution in [0, 0.1) is 11.3 Å². The fourth-order valence-corrected chi connectivity index (χ4v) is 3.68. The second-order valence-electron chi connectivity index (χ2n) is 5.89. The van der Waals surface area contributed by atoms with Gasteiger partial charge in [-0.2, -0.15) is 5.26 Å². The number of rotatable bonds is 6. The summed E-state index contributed by atoms with van der Waals surface area (Å²) in [6.07, 6.45) is 1.61. The minimum atomic E-state index is 0.608. The topological polar surface area (TPSA) is 76.9 Å². The SMILES string of the molecule is COc1ccccc1-n1c(SCc2ccc(C#N)cc2)nnc1-c1ccco1. The second kappa shape index (κ2) is 8.03. The van der Waals surface area contributed by atoms with Gasteiger partial charge in [0.15, 0.2) is 10.9 Å². The Labute approximate surface area is 166 Å². The van der Waals surface area contributed by atoms with E-state index < -0.39 is 0 Å². The van der Waals surface area contributed by atoms with Crippen LogP contribution < -0.4 is 4.74 Å². The molecule has 2 heterocycles. The number of aromatic nitrogens is 3. The molecule has 0 saturated carbocycles. The Bertz CT molecular complexity index is 1110. The van der Waals surface area contributed by atoms with Crippen LogP contribution in [0.15, 0.2) is 76.5 Å². The lowest BCUT2D eigenvalue weighted by molar-refractivity contribution is 0.412. The van der Waals surface area contributed by atoms with Crippen LogP contribution in [0.4, 0.5) is 0 Å². The van der Waals surface area contributed by atoms with E-state index in [9.17, 15) is 0 Å². The number of hydrogen-bond acceptors (Lipinski definition) is 6. The second-order valence-corrected chi connectivity index (χ2v) is 6.83. The average molecular weight is 388 g/mol. The zero-order chi connectivity index (χ0) is 19.3. The highest BCUT2D eigenvalue weighted by Gasteiger charge is 2.20. The van der Waals surface area contributed by atoms with E-state index in [0.29, 0.717) is 22.9 Å². The molecule has 4 aromatic rings. The summed E-state index contributed by atoms with van der Waals surface area (Å²) in [6, 6.07) is 21.0. The molecule has 0 atom stereocenters. The molecule has 138 valence electrons. The first-order valence-corrected chi connectivity index (χ1v) is 9.53. The molecule has 28 heavy (non-hydrogen) atoms. The molecule has 2 aromatic carbocycles. The van der Waals surface area contributed by atoms with Crippen molar-refractivity contribution in [1.29, 1.82) is 5.26 Å². The monoisotopic (exact) mass is 388 g/mol. The van der Waals surface area contributed by atoms with Crippen LogP contribution in [0.3, 0.4) is 0 Å². The number of para-hydroxylation sites is 2. The Morgan fingerprint density at radius 2 is 1.89 bits per heavy atom. The Morgan fingerprint density at radius 3 is 2.61 bits per heavy atom. The number of nitrogens with zero attached hydrogens (tertiary/aromatic N) is 4. The molecule has 6 nitrogen and oxygen atoms in total. The summed E-state index contributed by atoms with van der Waals surface area (Å²) in [6.45, 7) is 0. The van der Waals surface area contributed by atoms with E-state index in [1.54, 1.807) is 25.1 Å². The van der Waals surface area contributed by atoms with Crippen LogP contribution >= 0.6 is 11.8 Å². The first-order chi connectivity index (χ1) is 13.8. The first-order valence-electron chi connectivity index (χ1n) is 8.54. The third-order valence-corrected chi connectivity index (χ3v) is 5.15. The van der Waals surface area contributed by atoms with Crippen molar-refractivity contribution in [2.24, 2.45) is 0 Å². The third-order valence-electron chi connectivity index (χ3n) is 4.15. The van der Waals surface area contributed by atoms with E-state index in [-0.39, 0.29) is 0 Å². The molecule has 0 aliphatic carbocycles. The van der Waals surface area contributed by atoms with Gasteiger partial charge in [-0.1, -0.05) is 36.0 Å². The summed E-state index contributed by atoms with van der Waals surface area (Å²) in [5, 5.41) is 18.4. The summed E-state index contributed by atoms with van der Waals surface area (Å²) in [5.41, 5.74) is 2.58. The summed E-state index contributed by atoms with van der Waals surface area (Å²) in [7, 11) is 1.64. The van der Waals surface area contributed by atoms with E-state index in [4.69, 9.17) is 14.4 Å². The van der Waals surface area contributed by atoms with Crippen molar-refractivity contribution >= 4 is 11.8 Å². The van der Waals surface area contributed by atoms with Gasteiger partial charge in [-0.3, -0.25) is 4.57 Å². The van der Waals surface area contributed by atoms with Gasteiger partial charge in [0.1, 0.15) is 5.75 Å². The quantitative estimate of drug-likeness (QED) is 0.446. The summed E-state index contributed by atoms with van der Waals surface area (Å²) < 4.78 is 13.0. The number of methoxy groups -OCH3 is 1. The molecule has 4 rings (SSSR count). The molecule has 7 heteroatoms. The molecule has 0 unspecified atom stereocenters. The van der Waals surface area contributed by atoms with E-state index >= 15 is 0 Å². The predicted molar refractivity (Wildman–Crippen MR) is 106 cm³/mol. The van der Waals surface area contributed by atoms with Gasteiger partial charge in [-0.15, -0.1) is 10.2 Å². The van der Waals surface area contributed by atoms with Crippen LogP contribution in [0.25, 0.3) is 17.3 Å². The number of benzene rings is 2. The lowest BCUT2D eigenvalue weighted by Gasteiger charge is -2.13. The fraction of sp³-hybridized carbons (Fsp3) is 0.0952. The highest BCUT2D eigenvalue weighted by molar-refractivity contribution is 7.98. The maximum Gasteiger partial charge on any atom is 0.205 e. The van der Waals surface area contributed by atoms with Gasteiger partial charge in [-0.05, 0) is 42.0 Å². The van der Waals surface area contributed by atoms with Crippen LogP contribution in [0.5, 0.6) is 5.75 Å². The van der Waals surface area contributed by atoms with Gasteiger partial charge in [0, 0.05) is 5.75 Å². The van der Waals surface area contributed by atoms with Gasteiger partial charge >= 0.3 is 0 Å². The summed E-state index contributed by atoms with van der Waals surface area (Å²) >= 11 is 1.55. The molecule has 0 N–H and O–H groups in total. The molecule has 2 aromatic heterocycles.